The molecule has 112 valence electrons. The Kier molecular flexibility index (Phi) is 4.96. The molecule has 0 aromatic heterocycles. The first-order chi connectivity index (χ1) is 9.92. The molecule has 2 aromatic carbocycles. The molecule has 0 heterocycles. The van der Waals surface area contributed by atoms with E-state index in [1.54, 1.807) is 7.11 Å². The second-order valence-corrected chi connectivity index (χ2v) is 5.67. The van der Waals surface area contributed by atoms with Crippen molar-refractivity contribution in [1.29, 1.82) is 0 Å². The molecule has 0 amide bonds. The molecule has 0 fully saturated rings. The largest absolute Gasteiger partial charge is 0.495 e. The molecule has 0 bridgehead atoms. The first kappa shape index (κ1) is 15.9. The van der Waals surface area contributed by atoms with Crippen LogP contribution in [-0.4, -0.2) is 7.11 Å². The number of halogens is 3. The fourth-order valence-corrected chi connectivity index (χ4v) is 2.65. The number of benzene rings is 2. The van der Waals surface area contributed by atoms with Crippen molar-refractivity contribution < 1.29 is 9.13 Å². The number of hydrogen-bond acceptors (Lipinski definition) is 2. The number of methoxy groups -OCH3 is 1. The Morgan fingerprint density at radius 1 is 1.14 bits per heavy atom. The first-order valence-corrected chi connectivity index (χ1v) is 7.23. The highest BCUT2D eigenvalue weighted by Gasteiger charge is 2.15. The van der Waals surface area contributed by atoms with Gasteiger partial charge in [0.25, 0.3) is 0 Å². The lowest BCUT2D eigenvalue weighted by molar-refractivity contribution is 0.416. The Morgan fingerprint density at radius 3 is 2.52 bits per heavy atom. The van der Waals surface area contributed by atoms with Gasteiger partial charge in [-0.3, -0.25) is 0 Å². The minimum Gasteiger partial charge on any atom is -0.495 e. The zero-order valence-electron chi connectivity index (χ0n) is 12.0. The molecule has 0 radical (unpaired) electrons. The van der Waals surface area contributed by atoms with E-state index in [9.17, 15) is 4.39 Å². The molecule has 1 N–H and O–H groups in total. The topological polar surface area (TPSA) is 21.3 Å². The van der Waals surface area contributed by atoms with Gasteiger partial charge in [-0.25, -0.2) is 4.39 Å². The van der Waals surface area contributed by atoms with E-state index in [4.69, 9.17) is 27.9 Å². The van der Waals surface area contributed by atoms with Crippen LogP contribution >= 0.6 is 23.2 Å². The molecule has 2 aromatic rings. The summed E-state index contributed by atoms with van der Waals surface area (Å²) in [5.41, 5.74) is 2.56. The molecule has 0 aliphatic carbocycles. The molecule has 2 rings (SSSR count). The first-order valence-electron chi connectivity index (χ1n) is 6.48. The van der Waals surface area contributed by atoms with Gasteiger partial charge in [0.1, 0.15) is 11.6 Å². The third-order valence-corrected chi connectivity index (χ3v) is 3.85. The average Bonchev–Trinajstić information content (AvgIpc) is 2.44. The predicted octanol–water partition coefficient (Wildman–Crippen LogP) is 5.62. The maximum atomic E-state index is 13.6. The second-order valence-electron chi connectivity index (χ2n) is 4.86. The lowest BCUT2D eigenvalue weighted by Crippen LogP contribution is -2.09. The van der Waals surface area contributed by atoms with Gasteiger partial charge in [0, 0.05) is 5.02 Å². The number of rotatable bonds is 4. The number of nitrogens with one attached hydrogen (secondary N) is 1. The van der Waals surface area contributed by atoms with Crippen LogP contribution in [0.4, 0.5) is 10.1 Å². The standard InChI is InChI=1S/C16H16Cl2FNO/c1-9-4-5-15(16(6-9)21-3)20-10(2)11-7-14(19)13(18)8-12(11)17/h4-8,10,20H,1-3H3. The van der Waals surface area contributed by atoms with Crippen LogP contribution in [0.3, 0.4) is 0 Å². The van der Waals surface area contributed by atoms with Crippen molar-refractivity contribution in [3.05, 3.63) is 57.3 Å². The zero-order valence-corrected chi connectivity index (χ0v) is 13.5. The third-order valence-electron chi connectivity index (χ3n) is 3.24. The molecule has 21 heavy (non-hydrogen) atoms. The van der Waals surface area contributed by atoms with E-state index in [0.29, 0.717) is 10.6 Å². The monoisotopic (exact) mass is 327 g/mol. The molecule has 1 atom stereocenters. The van der Waals surface area contributed by atoms with Crippen LogP contribution in [0.1, 0.15) is 24.1 Å². The predicted molar refractivity (Wildman–Crippen MR) is 86.2 cm³/mol. The van der Waals surface area contributed by atoms with Crippen LogP contribution in [0.25, 0.3) is 0 Å². The molecule has 1 unspecified atom stereocenters. The van der Waals surface area contributed by atoms with Gasteiger partial charge in [-0.2, -0.15) is 0 Å². The fourth-order valence-electron chi connectivity index (χ4n) is 2.10. The summed E-state index contributed by atoms with van der Waals surface area (Å²) in [6, 6.07) is 8.40. The zero-order chi connectivity index (χ0) is 15.6. The molecule has 0 saturated heterocycles. The van der Waals surface area contributed by atoms with Gasteiger partial charge in [-0.15, -0.1) is 0 Å². The maximum Gasteiger partial charge on any atom is 0.142 e. The number of ether oxygens (including phenoxy) is 1. The highest BCUT2D eigenvalue weighted by molar-refractivity contribution is 6.35. The Morgan fingerprint density at radius 2 is 1.86 bits per heavy atom. The molecule has 0 saturated carbocycles. The minimum atomic E-state index is -0.486. The van der Waals surface area contributed by atoms with Crippen molar-refractivity contribution in [2.75, 3.05) is 12.4 Å². The van der Waals surface area contributed by atoms with Crippen LogP contribution in [0.5, 0.6) is 5.75 Å². The van der Waals surface area contributed by atoms with E-state index in [1.165, 1.54) is 12.1 Å². The van der Waals surface area contributed by atoms with Crippen LogP contribution in [0.15, 0.2) is 30.3 Å². The third kappa shape index (κ3) is 3.60. The minimum absolute atomic E-state index is 0.0175. The van der Waals surface area contributed by atoms with Crippen molar-refractivity contribution >= 4 is 28.9 Å². The average molecular weight is 328 g/mol. The van der Waals surface area contributed by atoms with E-state index in [0.717, 1.165) is 17.0 Å². The summed E-state index contributed by atoms with van der Waals surface area (Å²) in [5.74, 6) is 0.244. The molecule has 0 aliphatic heterocycles. The molecular formula is C16H16Cl2FNO. The van der Waals surface area contributed by atoms with Crippen molar-refractivity contribution in [3.63, 3.8) is 0 Å². The molecular weight excluding hydrogens is 312 g/mol. The summed E-state index contributed by atoms with van der Waals surface area (Å²) < 4.78 is 19.0. The SMILES string of the molecule is COc1cc(C)ccc1NC(C)c1cc(F)c(Cl)cc1Cl. The van der Waals surface area contributed by atoms with Gasteiger partial charge in [0.05, 0.1) is 23.9 Å². The quantitative estimate of drug-likeness (QED) is 0.735. The number of aryl methyl sites for hydroxylation is 1. The van der Waals surface area contributed by atoms with Gasteiger partial charge >= 0.3 is 0 Å². The second kappa shape index (κ2) is 6.54. The molecule has 0 aliphatic rings. The molecule has 5 heteroatoms. The summed E-state index contributed by atoms with van der Waals surface area (Å²) in [7, 11) is 1.61. The Bertz CT molecular complexity index is 661. The van der Waals surface area contributed by atoms with Gasteiger partial charge in [-0.05, 0) is 49.2 Å². The van der Waals surface area contributed by atoms with Crippen molar-refractivity contribution in [1.82, 2.24) is 0 Å². The van der Waals surface area contributed by atoms with Crippen LogP contribution in [0, 0.1) is 12.7 Å². The van der Waals surface area contributed by atoms with Gasteiger partial charge in [0.15, 0.2) is 0 Å². The normalized spacial score (nSPS) is 12.1. The number of hydrogen-bond donors (Lipinski definition) is 1. The van der Waals surface area contributed by atoms with Crippen LogP contribution in [0.2, 0.25) is 10.0 Å². The summed E-state index contributed by atoms with van der Waals surface area (Å²) in [5, 5.41) is 3.71. The van der Waals surface area contributed by atoms with E-state index >= 15 is 0 Å². The van der Waals surface area contributed by atoms with E-state index in [-0.39, 0.29) is 11.1 Å². The summed E-state index contributed by atoms with van der Waals surface area (Å²) in [6.07, 6.45) is 0. The molecule has 2 nitrogen and oxygen atoms in total. The lowest BCUT2D eigenvalue weighted by Gasteiger charge is -2.19. The Balaban J connectivity index is 2.30. The highest BCUT2D eigenvalue weighted by Crippen LogP contribution is 2.33. The highest BCUT2D eigenvalue weighted by atomic mass is 35.5. The summed E-state index contributed by atoms with van der Waals surface area (Å²) in [4.78, 5) is 0. The van der Waals surface area contributed by atoms with Gasteiger partial charge in [-0.1, -0.05) is 29.3 Å². The fraction of sp³-hybridized carbons (Fsp3) is 0.250. The summed E-state index contributed by atoms with van der Waals surface area (Å²) in [6.45, 7) is 3.88. The van der Waals surface area contributed by atoms with E-state index < -0.39 is 5.82 Å². The van der Waals surface area contributed by atoms with Gasteiger partial charge in [0.2, 0.25) is 0 Å². The smallest absolute Gasteiger partial charge is 0.142 e. The Hall–Kier alpha value is -1.45. The maximum absolute atomic E-state index is 13.6. The molecule has 0 spiro atoms. The van der Waals surface area contributed by atoms with Crippen molar-refractivity contribution in [2.24, 2.45) is 0 Å². The number of anilines is 1. The van der Waals surface area contributed by atoms with Crippen molar-refractivity contribution in [2.45, 2.75) is 19.9 Å². The lowest BCUT2D eigenvalue weighted by atomic mass is 10.1. The van der Waals surface area contributed by atoms with Crippen molar-refractivity contribution in [3.8, 4) is 5.75 Å². The van der Waals surface area contributed by atoms with Crippen LogP contribution in [-0.2, 0) is 0 Å². The van der Waals surface area contributed by atoms with E-state index in [2.05, 4.69) is 5.32 Å². The Labute approximate surface area is 133 Å². The van der Waals surface area contributed by atoms with Crippen LogP contribution < -0.4 is 10.1 Å². The summed E-state index contributed by atoms with van der Waals surface area (Å²) >= 11 is 11.9. The van der Waals surface area contributed by atoms with E-state index in [1.807, 2.05) is 32.0 Å². The van der Waals surface area contributed by atoms with Gasteiger partial charge < -0.3 is 10.1 Å².